The summed E-state index contributed by atoms with van der Waals surface area (Å²) in [5, 5.41) is 9.55. The van der Waals surface area contributed by atoms with Gasteiger partial charge in [0.2, 0.25) is 0 Å². The van der Waals surface area contributed by atoms with Gasteiger partial charge in [-0.15, -0.1) is 0 Å². The number of halogens is 1. The summed E-state index contributed by atoms with van der Waals surface area (Å²) in [6.07, 6.45) is 2.59. The second-order valence-corrected chi connectivity index (χ2v) is 5.18. The Morgan fingerprint density at radius 1 is 1.26 bits per heavy atom. The van der Waals surface area contributed by atoms with Crippen molar-refractivity contribution < 1.29 is 4.39 Å². The van der Waals surface area contributed by atoms with E-state index in [4.69, 9.17) is 0 Å². The SMILES string of the molecule is CCCN(CCC)C(C)(C#N)Cc1cccc(F)c1. The summed E-state index contributed by atoms with van der Waals surface area (Å²) >= 11 is 0. The van der Waals surface area contributed by atoms with Crippen LogP contribution in [0, 0.1) is 17.1 Å². The molecule has 0 aliphatic heterocycles. The van der Waals surface area contributed by atoms with E-state index in [0.717, 1.165) is 31.5 Å². The van der Waals surface area contributed by atoms with Crippen molar-refractivity contribution in [1.82, 2.24) is 4.90 Å². The van der Waals surface area contributed by atoms with Gasteiger partial charge < -0.3 is 0 Å². The van der Waals surface area contributed by atoms with Gasteiger partial charge >= 0.3 is 0 Å². The van der Waals surface area contributed by atoms with Gasteiger partial charge in [-0.25, -0.2) is 4.39 Å². The molecule has 1 unspecified atom stereocenters. The highest BCUT2D eigenvalue weighted by Crippen LogP contribution is 2.21. The lowest BCUT2D eigenvalue weighted by Gasteiger charge is -2.36. The van der Waals surface area contributed by atoms with Gasteiger partial charge in [0.1, 0.15) is 11.4 Å². The number of hydrogen-bond acceptors (Lipinski definition) is 2. The highest BCUT2D eigenvalue weighted by atomic mass is 19.1. The smallest absolute Gasteiger partial charge is 0.123 e. The van der Waals surface area contributed by atoms with E-state index in [1.54, 1.807) is 6.07 Å². The molecule has 0 spiro atoms. The summed E-state index contributed by atoms with van der Waals surface area (Å²) in [6.45, 7) is 7.97. The van der Waals surface area contributed by atoms with Crippen molar-refractivity contribution in [2.75, 3.05) is 13.1 Å². The largest absolute Gasteiger partial charge is 0.286 e. The molecule has 2 nitrogen and oxygen atoms in total. The Labute approximate surface area is 115 Å². The summed E-state index contributed by atoms with van der Waals surface area (Å²) in [5.41, 5.74) is 0.307. The van der Waals surface area contributed by atoms with Crippen molar-refractivity contribution in [3.63, 3.8) is 0 Å². The maximum atomic E-state index is 13.2. The fourth-order valence-corrected chi connectivity index (χ4v) is 2.41. The molecular weight excluding hydrogens is 239 g/mol. The fourth-order valence-electron chi connectivity index (χ4n) is 2.41. The predicted molar refractivity (Wildman–Crippen MR) is 76.3 cm³/mol. The Kier molecular flexibility index (Phi) is 5.98. The third kappa shape index (κ3) is 4.33. The Balaban J connectivity index is 2.92. The molecule has 0 aromatic heterocycles. The minimum absolute atomic E-state index is 0.240. The number of rotatable bonds is 7. The summed E-state index contributed by atoms with van der Waals surface area (Å²) in [7, 11) is 0. The fraction of sp³-hybridized carbons (Fsp3) is 0.562. The molecule has 1 atom stereocenters. The van der Waals surface area contributed by atoms with Crippen LogP contribution >= 0.6 is 0 Å². The van der Waals surface area contributed by atoms with Gasteiger partial charge in [-0.1, -0.05) is 26.0 Å². The normalized spacial score (nSPS) is 14.1. The average molecular weight is 262 g/mol. The highest BCUT2D eigenvalue weighted by Gasteiger charge is 2.31. The van der Waals surface area contributed by atoms with E-state index in [2.05, 4.69) is 24.8 Å². The predicted octanol–water partition coefficient (Wildman–Crippen LogP) is 3.77. The molecule has 3 heteroatoms. The van der Waals surface area contributed by atoms with Crippen LogP contribution in [0.3, 0.4) is 0 Å². The van der Waals surface area contributed by atoms with Crippen LogP contribution in [0.5, 0.6) is 0 Å². The zero-order valence-corrected chi connectivity index (χ0v) is 12.1. The number of nitrogens with zero attached hydrogens (tertiary/aromatic N) is 2. The molecule has 0 amide bonds. The summed E-state index contributed by atoms with van der Waals surface area (Å²) in [5.74, 6) is -0.240. The van der Waals surface area contributed by atoms with Gasteiger partial charge in [0, 0.05) is 6.42 Å². The first-order valence-corrected chi connectivity index (χ1v) is 6.96. The van der Waals surface area contributed by atoms with E-state index in [9.17, 15) is 9.65 Å². The minimum atomic E-state index is -0.570. The molecule has 0 aliphatic carbocycles. The number of benzene rings is 1. The van der Waals surface area contributed by atoms with Crippen molar-refractivity contribution in [1.29, 1.82) is 5.26 Å². The van der Waals surface area contributed by atoms with E-state index in [0.29, 0.717) is 6.42 Å². The van der Waals surface area contributed by atoms with E-state index >= 15 is 0 Å². The monoisotopic (exact) mass is 262 g/mol. The van der Waals surface area contributed by atoms with Crippen molar-refractivity contribution in [2.24, 2.45) is 0 Å². The van der Waals surface area contributed by atoms with Crippen LogP contribution in [-0.4, -0.2) is 23.5 Å². The molecule has 1 rings (SSSR count). The molecule has 1 aromatic rings. The zero-order chi connectivity index (χ0) is 14.3. The Morgan fingerprint density at radius 3 is 2.37 bits per heavy atom. The van der Waals surface area contributed by atoms with Crippen LogP contribution < -0.4 is 0 Å². The van der Waals surface area contributed by atoms with Crippen molar-refractivity contribution in [2.45, 2.75) is 45.6 Å². The van der Waals surface area contributed by atoms with Crippen LogP contribution in [-0.2, 0) is 6.42 Å². The van der Waals surface area contributed by atoms with Crippen LogP contribution in [0.2, 0.25) is 0 Å². The first kappa shape index (κ1) is 15.7. The Bertz CT molecular complexity index is 433. The van der Waals surface area contributed by atoms with Crippen LogP contribution in [0.15, 0.2) is 24.3 Å². The van der Waals surface area contributed by atoms with E-state index in [1.165, 1.54) is 12.1 Å². The molecule has 1 aromatic carbocycles. The molecule has 104 valence electrons. The van der Waals surface area contributed by atoms with E-state index in [-0.39, 0.29) is 5.82 Å². The summed E-state index contributed by atoms with van der Waals surface area (Å²) in [4.78, 5) is 2.21. The lowest BCUT2D eigenvalue weighted by atomic mass is 9.91. The maximum absolute atomic E-state index is 13.2. The topological polar surface area (TPSA) is 27.0 Å². The minimum Gasteiger partial charge on any atom is -0.286 e. The number of hydrogen-bond donors (Lipinski definition) is 0. The first-order valence-electron chi connectivity index (χ1n) is 6.96. The highest BCUT2D eigenvalue weighted by molar-refractivity contribution is 5.22. The van der Waals surface area contributed by atoms with Crippen molar-refractivity contribution >= 4 is 0 Å². The molecule has 0 saturated heterocycles. The van der Waals surface area contributed by atoms with Crippen LogP contribution in [0.4, 0.5) is 4.39 Å². The molecule has 0 bridgehead atoms. The molecule has 0 heterocycles. The van der Waals surface area contributed by atoms with Gasteiger partial charge in [0.05, 0.1) is 6.07 Å². The van der Waals surface area contributed by atoms with E-state index in [1.807, 2.05) is 13.0 Å². The molecule has 19 heavy (non-hydrogen) atoms. The van der Waals surface area contributed by atoms with Crippen molar-refractivity contribution in [3.8, 4) is 6.07 Å². The average Bonchev–Trinajstić information content (AvgIpc) is 2.38. The summed E-state index contributed by atoms with van der Waals surface area (Å²) < 4.78 is 13.2. The molecule has 0 fully saturated rings. The standard InChI is InChI=1S/C16H23FN2/c1-4-9-19(10-5-2)16(3,13-18)12-14-7-6-8-15(17)11-14/h6-8,11H,4-5,9-10,12H2,1-3H3. The molecule has 0 saturated carbocycles. The van der Waals surface area contributed by atoms with Crippen LogP contribution in [0.25, 0.3) is 0 Å². The quantitative estimate of drug-likeness (QED) is 0.748. The second kappa shape index (κ2) is 7.25. The summed E-state index contributed by atoms with van der Waals surface area (Å²) in [6, 6.07) is 8.96. The van der Waals surface area contributed by atoms with Crippen molar-refractivity contribution in [3.05, 3.63) is 35.6 Å². The molecule has 0 N–H and O–H groups in total. The maximum Gasteiger partial charge on any atom is 0.123 e. The number of nitriles is 1. The Hall–Kier alpha value is -1.40. The second-order valence-electron chi connectivity index (χ2n) is 5.18. The van der Waals surface area contributed by atoms with Gasteiger partial charge in [0.25, 0.3) is 0 Å². The third-order valence-corrected chi connectivity index (χ3v) is 3.36. The van der Waals surface area contributed by atoms with E-state index < -0.39 is 5.54 Å². The van der Waals surface area contributed by atoms with Gasteiger partial charge in [-0.05, 0) is 50.6 Å². The van der Waals surface area contributed by atoms with Gasteiger partial charge in [0.15, 0.2) is 0 Å². The third-order valence-electron chi connectivity index (χ3n) is 3.36. The van der Waals surface area contributed by atoms with Gasteiger partial charge in [-0.2, -0.15) is 5.26 Å². The molecular formula is C16H23FN2. The first-order chi connectivity index (χ1) is 9.05. The van der Waals surface area contributed by atoms with Crippen LogP contribution in [0.1, 0.15) is 39.2 Å². The zero-order valence-electron chi connectivity index (χ0n) is 12.1. The molecule has 0 radical (unpaired) electrons. The Morgan fingerprint density at radius 2 is 1.89 bits per heavy atom. The van der Waals surface area contributed by atoms with Gasteiger partial charge in [-0.3, -0.25) is 4.90 Å². The molecule has 0 aliphatic rings. The lowest BCUT2D eigenvalue weighted by Crippen LogP contribution is -2.47. The lowest BCUT2D eigenvalue weighted by molar-refractivity contribution is 0.151.